The van der Waals surface area contributed by atoms with Crippen LogP contribution >= 0.6 is 0 Å². The molecule has 0 fully saturated rings. The number of nitrogens with one attached hydrogen (secondary N) is 1. The van der Waals surface area contributed by atoms with Gasteiger partial charge in [0, 0.05) is 17.2 Å². The number of carbonyl (C=O) groups excluding carboxylic acids is 2. The SMILES string of the molecule is CC(=O)c1ccc(OCc2ccccc2)cc1NC(=O)c1ccccc1. The van der Waals surface area contributed by atoms with Crippen molar-refractivity contribution in [1.82, 2.24) is 0 Å². The van der Waals surface area contributed by atoms with E-state index >= 15 is 0 Å². The van der Waals surface area contributed by atoms with Crippen molar-refractivity contribution in [3.8, 4) is 5.75 Å². The second kappa shape index (κ2) is 8.12. The first kappa shape index (κ1) is 17.4. The van der Waals surface area contributed by atoms with Gasteiger partial charge in [-0.15, -0.1) is 0 Å². The van der Waals surface area contributed by atoms with Crippen molar-refractivity contribution in [2.75, 3.05) is 5.32 Å². The van der Waals surface area contributed by atoms with E-state index in [2.05, 4.69) is 5.32 Å². The molecular formula is C22H19NO3. The number of Topliss-reactive ketones (excluding diaryl/α,β-unsaturated/α-hetero) is 1. The van der Waals surface area contributed by atoms with E-state index < -0.39 is 0 Å². The van der Waals surface area contributed by atoms with Crippen LogP contribution in [0.5, 0.6) is 5.75 Å². The van der Waals surface area contributed by atoms with Gasteiger partial charge in [-0.1, -0.05) is 48.5 Å². The summed E-state index contributed by atoms with van der Waals surface area (Å²) in [4.78, 5) is 24.3. The lowest BCUT2D eigenvalue weighted by atomic mass is 10.1. The molecule has 0 aliphatic carbocycles. The van der Waals surface area contributed by atoms with Crippen molar-refractivity contribution in [1.29, 1.82) is 0 Å². The molecule has 0 bridgehead atoms. The Morgan fingerprint density at radius 2 is 1.54 bits per heavy atom. The normalized spacial score (nSPS) is 10.2. The van der Waals surface area contributed by atoms with E-state index in [1.807, 2.05) is 36.4 Å². The van der Waals surface area contributed by atoms with E-state index in [9.17, 15) is 9.59 Å². The summed E-state index contributed by atoms with van der Waals surface area (Å²) in [5, 5.41) is 2.81. The highest BCUT2D eigenvalue weighted by atomic mass is 16.5. The molecule has 0 atom stereocenters. The van der Waals surface area contributed by atoms with Crippen LogP contribution in [0, 0.1) is 0 Å². The van der Waals surface area contributed by atoms with Crippen molar-refractivity contribution in [2.24, 2.45) is 0 Å². The van der Waals surface area contributed by atoms with Gasteiger partial charge in [0.05, 0.1) is 5.69 Å². The van der Waals surface area contributed by atoms with Gasteiger partial charge in [0.1, 0.15) is 12.4 Å². The molecule has 3 aromatic carbocycles. The van der Waals surface area contributed by atoms with E-state index in [0.29, 0.717) is 29.2 Å². The molecule has 0 radical (unpaired) electrons. The minimum atomic E-state index is -0.270. The number of hydrogen-bond donors (Lipinski definition) is 1. The van der Waals surface area contributed by atoms with E-state index in [1.54, 1.807) is 42.5 Å². The summed E-state index contributed by atoms with van der Waals surface area (Å²) in [5.41, 5.74) is 2.45. The average molecular weight is 345 g/mol. The summed E-state index contributed by atoms with van der Waals surface area (Å²) in [5.74, 6) is 0.193. The summed E-state index contributed by atoms with van der Waals surface area (Å²) in [6, 6.07) is 23.7. The smallest absolute Gasteiger partial charge is 0.255 e. The molecular weight excluding hydrogens is 326 g/mol. The summed E-state index contributed by atoms with van der Waals surface area (Å²) in [7, 11) is 0. The predicted octanol–water partition coefficient (Wildman–Crippen LogP) is 4.72. The number of ketones is 1. The highest BCUT2D eigenvalue weighted by Crippen LogP contribution is 2.24. The van der Waals surface area contributed by atoms with Gasteiger partial charge in [0.2, 0.25) is 0 Å². The molecule has 26 heavy (non-hydrogen) atoms. The fourth-order valence-corrected chi connectivity index (χ4v) is 2.55. The maximum absolute atomic E-state index is 12.4. The molecule has 0 unspecified atom stereocenters. The maximum atomic E-state index is 12.4. The molecule has 4 heteroatoms. The third kappa shape index (κ3) is 4.36. The second-order valence-electron chi connectivity index (χ2n) is 5.86. The van der Waals surface area contributed by atoms with Crippen molar-refractivity contribution in [3.63, 3.8) is 0 Å². The monoisotopic (exact) mass is 345 g/mol. The molecule has 3 aromatic rings. The Hall–Kier alpha value is -3.40. The van der Waals surface area contributed by atoms with E-state index in [1.165, 1.54) is 6.92 Å². The number of ether oxygens (including phenoxy) is 1. The molecule has 130 valence electrons. The van der Waals surface area contributed by atoms with Crippen molar-refractivity contribution in [3.05, 3.63) is 95.6 Å². The van der Waals surface area contributed by atoms with Gasteiger partial charge in [-0.2, -0.15) is 0 Å². The molecule has 1 amide bonds. The van der Waals surface area contributed by atoms with Crippen LogP contribution in [0.15, 0.2) is 78.9 Å². The molecule has 0 aliphatic heterocycles. The number of hydrogen-bond acceptors (Lipinski definition) is 3. The highest BCUT2D eigenvalue weighted by molar-refractivity contribution is 6.09. The van der Waals surface area contributed by atoms with Crippen LogP contribution < -0.4 is 10.1 Å². The topological polar surface area (TPSA) is 55.4 Å². The number of carbonyl (C=O) groups is 2. The maximum Gasteiger partial charge on any atom is 0.255 e. The molecule has 0 aliphatic rings. The van der Waals surface area contributed by atoms with Crippen molar-refractivity contribution < 1.29 is 14.3 Å². The first-order chi connectivity index (χ1) is 12.6. The Bertz CT molecular complexity index is 905. The highest BCUT2D eigenvalue weighted by Gasteiger charge is 2.13. The predicted molar refractivity (Wildman–Crippen MR) is 102 cm³/mol. The molecule has 0 spiro atoms. The van der Waals surface area contributed by atoms with Crippen LogP contribution in [0.3, 0.4) is 0 Å². The average Bonchev–Trinajstić information content (AvgIpc) is 2.68. The number of rotatable bonds is 6. The van der Waals surface area contributed by atoms with Gasteiger partial charge >= 0.3 is 0 Å². The van der Waals surface area contributed by atoms with E-state index in [-0.39, 0.29) is 11.7 Å². The van der Waals surface area contributed by atoms with Gasteiger partial charge in [0.15, 0.2) is 5.78 Å². The minimum Gasteiger partial charge on any atom is -0.489 e. The van der Waals surface area contributed by atoms with Crippen LogP contribution in [0.2, 0.25) is 0 Å². The number of anilines is 1. The quantitative estimate of drug-likeness (QED) is 0.658. The summed E-state index contributed by atoms with van der Waals surface area (Å²) < 4.78 is 5.79. The molecule has 1 N–H and O–H groups in total. The lowest BCUT2D eigenvalue weighted by Gasteiger charge is -2.13. The zero-order valence-corrected chi connectivity index (χ0v) is 14.4. The second-order valence-corrected chi connectivity index (χ2v) is 5.86. The fraction of sp³-hybridized carbons (Fsp3) is 0.0909. The van der Waals surface area contributed by atoms with Crippen molar-refractivity contribution >= 4 is 17.4 Å². The lowest BCUT2D eigenvalue weighted by Crippen LogP contribution is -2.14. The Labute approximate surface area is 152 Å². The van der Waals surface area contributed by atoms with Gasteiger partial charge in [-0.05, 0) is 36.8 Å². The molecule has 0 aromatic heterocycles. The molecule has 3 rings (SSSR count). The van der Waals surface area contributed by atoms with E-state index in [0.717, 1.165) is 5.56 Å². The first-order valence-electron chi connectivity index (χ1n) is 8.31. The Morgan fingerprint density at radius 1 is 0.885 bits per heavy atom. The molecule has 0 heterocycles. The first-order valence-corrected chi connectivity index (χ1v) is 8.31. The van der Waals surface area contributed by atoms with Crippen molar-refractivity contribution in [2.45, 2.75) is 13.5 Å². The van der Waals surface area contributed by atoms with Crippen LogP contribution in [0.1, 0.15) is 33.2 Å². The lowest BCUT2D eigenvalue weighted by molar-refractivity contribution is 0.101. The fourth-order valence-electron chi connectivity index (χ4n) is 2.55. The third-order valence-corrected chi connectivity index (χ3v) is 3.90. The Balaban J connectivity index is 1.80. The molecule has 4 nitrogen and oxygen atoms in total. The largest absolute Gasteiger partial charge is 0.489 e. The Kier molecular flexibility index (Phi) is 5.44. The standard InChI is InChI=1S/C22H19NO3/c1-16(24)20-13-12-19(26-15-17-8-4-2-5-9-17)14-21(20)23-22(25)18-10-6-3-7-11-18/h2-14H,15H2,1H3,(H,23,25). The van der Waals surface area contributed by atoms with E-state index in [4.69, 9.17) is 4.74 Å². The number of benzene rings is 3. The molecule has 0 saturated heterocycles. The number of amides is 1. The minimum absolute atomic E-state index is 0.122. The van der Waals surface area contributed by atoms with Crippen LogP contribution in [0.25, 0.3) is 0 Å². The third-order valence-electron chi connectivity index (χ3n) is 3.90. The summed E-state index contributed by atoms with van der Waals surface area (Å²) in [6.07, 6.45) is 0. The van der Waals surface area contributed by atoms with Gasteiger partial charge in [-0.25, -0.2) is 0 Å². The van der Waals surface area contributed by atoms with Gasteiger partial charge < -0.3 is 10.1 Å². The summed E-state index contributed by atoms with van der Waals surface area (Å²) >= 11 is 0. The molecule has 0 saturated carbocycles. The van der Waals surface area contributed by atoms with Gasteiger partial charge in [0.25, 0.3) is 5.91 Å². The van der Waals surface area contributed by atoms with Crippen LogP contribution in [-0.2, 0) is 6.61 Å². The van der Waals surface area contributed by atoms with Crippen LogP contribution in [0.4, 0.5) is 5.69 Å². The zero-order valence-electron chi connectivity index (χ0n) is 14.4. The zero-order chi connectivity index (χ0) is 18.4. The van der Waals surface area contributed by atoms with Crippen LogP contribution in [-0.4, -0.2) is 11.7 Å². The summed E-state index contributed by atoms with van der Waals surface area (Å²) in [6.45, 7) is 1.88. The Morgan fingerprint density at radius 3 is 2.19 bits per heavy atom. The van der Waals surface area contributed by atoms with Gasteiger partial charge in [-0.3, -0.25) is 9.59 Å².